The molecule has 0 aliphatic rings. The first-order valence-electron chi connectivity index (χ1n) is 6.38. The molecule has 0 saturated carbocycles. The quantitative estimate of drug-likeness (QED) is 0.734. The average molecular weight is 268 g/mol. The van der Waals surface area contributed by atoms with Crippen molar-refractivity contribution in [1.29, 1.82) is 0 Å². The number of carbonyl (C=O) groups excluding carboxylic acids is 1. The van der Waals surface area contributed by atoms with Gasteiger partial charge in [0.1, 0.15) is 6.54 Å². The Bertz CT molecular complexity index is 244. The van der Waals surface area contributed by atoms with Crippen LogP contribution in [0.1, 0.15) is 40.0 Å². The van der Waals surface area contributed by atoms with Crippen molar-refractivity contribution in [3.63, 3.8) is 0 Å². The minimum atomic E-state index is -4.33. The van der Waals surface area contributed by atoms with Crippen LogP contribution in [0.3, 0.4) is 0 Å². The van der Waals surface area contributed by atoms with Crippen molar-refractivity contribution in [2.45, 2.75) is 52.3 Å². The zero-order valence-electron chi connectivity index (χ0n) is 11.3. The third kappa shape index (κ3) is 8.33. The highest BCUT2D eigenvalue weighted by Crippen LogP contribution is 2.16. The van der Waals surface area contributed by atoms with Crippen LogP contribution in [0.15, 0.2) is 0 Å². The summed E-state index contributed by atoms with van der Waals surface area (Å²) in [5.41, 5.74) is 0. The predicted octanol–water partition coefficient (Wildman–Crippen LogP) is 2.57. The molecule has 0 radical (unpaired) electrons. The van der Waals surface area contributed by atoms with Gasteiger partial charge in [0, 0.05) is 12.6 Å². The Hall–Kier alpha value is -0.780. The van der Waals surface area contributed by atoms with Crippen molar-refractivity contribution in [1.82, 2.24) is 10.2 Å². The maximum atomic E-state index is 12.3. The van der Waals surface area contributed by atoms with E-state index in [0.29, 0.717) is 6.42 Å². The Morgan fingerprint density at radius 2 is 1.94 bits per heavy atom. The van der Waals surface area contributed by atoms with Gasteiger partial charge in [0.05, 0.1) is 6.54 Å². The number of amides is 1. The van der Waals surface area contributed by atoms with Gasteiger partial charge < -0.3 is 10.2 Å². The van der Waals surface area contributed by atoms with Crippen molar-refractivity contribution in [2.24, 2.45) is 0 Å². The third-order valence-electron chi connectivity index (χ3n) is 2.72. The van der Waals surface area contributed by atoms with Crippen LogP contribution in [0.4, 0.5) is 13.2 Å². The molecule has 0 saturated heterocycles. The third-order valence-corrected chi connectivity index (χ3v) is 2.72. The molecule has 1 atom stereocenters. The minimum Gasteiger partial charge on any atom is -0.332 e. The molecule has 0 fully saturated rings. The molecule has 1 N–H and O–H groups in total. The maximum absolute atomic E-state index is 12.3. The largest absolute Gasteiger partial charge is 0.406 e. The fourth-order valence-corrected chi connectivity index (χ4v) is 1.38. The van der Waals surface area contributed by atoms with Crippen LogP contribution in [0.2, 0.25) is 0 Å². The van der Waals surface area contributed by atoms with E-state index in [1.54, 1.807) is 0 Å². The fourth-order valence-electron chi connectivity index (χ4n) is 1.38. The molecule has 0 aromatic heterocycles. The average Bonchev–Trinajstić information content (AvgIpc) is 2.29. The fraction of sp³-hybridized carbons (Fsp3) is 0.917. The van der Waals surface area contributed by atoms with E-state index in [9.17, 15) is 18.0 Å². The van der Waals surface area contributed by atoms with Gasteiger partial charge in [0.15, 0.2) is 0 Å². The lowest BCUT2D eigenvalue weighted by Crippen LogP contribution is -2.45. The number of rotatable bonds is 8. The molecule has 0 aromatic rings. The van der Waals surface area contributed by atoms with E-state index in [0.717, 1.165) is 17.7 Å². The first-order chi connectivity index (χ1) is 8.30. The molecule has 3 nitrogen and oxygen atoms in total. The van der Waals surface area contributed by atoms with Gasteiger partial charge in [0.25, 0.3) is 0 Å². The molecule has 0 aliphatic heterocycles. The highest BCUT2D eigenvalue weighted by molar-refractivity contribution is 5.78. The highest BCUT2D eigenvalue weighted by Gasteiger charge is 2.32. The van der Waals surface area contributed by atoms with Crippen LogP contribution in [0.5, 0.6) is 0 Å². The molecule has 0 aliphatic carbocycles. The second-order valence-electron chi connectivity index (χ2n) is 4.47. The molecule has 0 rings (SSSR count). The smallest absolute Gasteiger partial charge is 0.332 e. The lowest BCUT2D eigenvalue weighted by atomic mass is 10.2. The second kappa shape index (κ2) is 8.34. The number of carbonyl (C=O) groups is 1. The Balaban J connectivity index is 4.31. The molecule has 108 valence electrons. The van der Waals surface area contributed by atoms with Crippen LogP contribution in [-0.4, -0.2) is 42.7 Å². The van der Waals surface area contributed by atoms with Gasteiger partial charge in [0.2, 0.25) is 5.91 Å². The van der Waals surface area contributed by atoms with Crippen LogP contribution < -0.4 is 5.32 Å². The predicted molar refractivity (Wildman–Crippen MR) is 65.3 cm³/mol. The van der Waals surface area contributed by atoms with Crippen LogP contribution >= 0.6 is 0 Å². The number of alkyl halides is 3. The molecule has 6 heteroatoms. The normalized spacial score (nSPS) is 13.4. The summed E-state index contributed by atoms with van der Waals surface area (Å²) in [5, 5.41) is 2.92. The van der Waals surface area contributed by atoms with E-state index >= 15 is 0 Å². The summed E-state index contributed by atoms with van der Waals surface area (Å²) in [5.74, 6) is -0.485. The minimum absolute atomic E-state index is 0.0329. The van der Waals surface area contributed by atoms with Crippen molar-refractivity contribution in [2.75, 3.05) is 19.6 Å². The zero-order chi connectivity index (χ0) is 14.2. The van der Waals surface area contributed by atoms with E-state index in [-0.39, 0.29) is 19.1 Å². The van der Waals surface area contributed by atoms with Gasteiger partial charge >= 0.3 is 6.18 Å². The van der Waals surface area contributed by atoms with Crippen molar-refractivity contribution in [3.8, 4) is 0 Å². The number of hydrogen-bond acceptors (Lipinski definition) is 2. The van der Waals surface area contributed by atoms with Crippen molar-refractivity contribution >= 4 is 5.91 Å². The molecule has 0 aromatic carbocycles. The summed E-state index contributed by atoms with van der Waals surface area (Å²) in [6.07, 6.45) is -2.15. The number of nitrogens with zero attached hydrogens (tertiary/aromatic N) is 1. The topological polar surface area (TPSA) is 32.3 Å². The first-order valence-corrected chi connectivity index (χ1v) is 6.38. The summed E-state index contributed by atoms with van der Waals surface area (Å²) >= 11 is 0. The van der Waals surface area contributed by atoms with Gasteiger partial charge in [-0.15, -0.1) is 0 Å². The van der Waals surface area contributed by atoms with Gasteiger partial charge in [-0.1, -0.05) is 20.3 Å². The molecule has 0 bridgehead atoms. The molecule has 0 heterocycles. The first kappa shape index (κ1) is 17.2. The number of unbranched alkanes of at least 4 members (excludes halogenated alkanes) is 1. The lowest BCUT2D eigenvalue weighted by molar-refractivity contribution is -0.160. The SMILES string of the molecule is CCCCN(CC(F)(F)F)C(=O)CNC(C)CC. The van der Waals surface area contributed by atoms with Gasteiger partial charge in [-0.05, 0) is 19.8 Å². The van der Waals surface area contributed by atoms with Crippen LogP contribution in [-0.2, 0) is 4.79 Å². The van der Waals surface area contributed by atoms with E-state index in [1.807, 2.05) is 20.8 Å². The Morgan fingerprint density at radius 3 is 2.39 bits per heavy atom. The number of hydrogen-bond donors (Lipinski definition) is 1. The molecule has 18 heavy (non-hydrogen) atoms. The van der Waals surface area contributed by atoms with Crippen molar-refractivity contribution < 1.29 is 18.0 Å². The molecule has 1 amide bonds. The molecule has 1 unspecified atom stereocenters. The molecular formula is C12H23F3N2O. The summed E-state index contributed by atoms with van der Waals surface area (Å²) in [6.45, 7) is 4.70. The van der Waals surface area contributed by atoms with Gasteiger partial charge in [-0.2, -0.15) is 13.2 Å². The van der Waals surface area contributed by atoms with Gasteiger partial charge in [-0.25, -0.2) is 0 Å². The standard InChI is InChI=1S/C12H23F3N2O/c1-4-6-7-17(9-12(13,14)15)11(18)8-16-10(3)5-2/h10,16H,4-9H2,1-3H3. The van der Waals surface area contributed by atoms with Gasteiger partial charge in [-0.3, -0.25) is 4.79 Å². The van der Waals surface area contributed by atoms with Crippen LogP contribution in [0.25, 0.3) is 0 Å². The van der Waals surface area contributed by atoms with Crippen molar-refractivity contribution in [3.05, 3.63) is 0 Å². The Labute approximate surface area is 107 Å². The molecule has 0 spiro atoms. The highest BCUT2D eigenvalue weighted by atomic mass is 19.4. The zero-order valence-corrected chi connectivity index (χ0v) is 11.3. The van der Waals surface area contributed by atoms with E-state index in [2.05, 4.69) is 5.32 Å². The van der Waals surface area contributed by atoms with E-state index in [1.165, 1.54) is 0 Å². The van der Waals surface area contributed by atoms with E-state index < -0.39 is 18.6 Å². The molecular weight excluding hydrogens is 245 g/mol. The summed E-state index contributed by atoms with van der Waals surface area (Å²) in [6, 6.07) is 0.132. The monoisotopic (exact) mass is 268 g/mol. The number of nitrogens with one attached hydrogen (secondary N) is 1. The number of halogens is 3. The maximum Gasteiger partial charge on any atom is 0.406 e. The Morgan fingerprint density at radius 1 is 1.33 bits per heavy atom. The Kier molecular flexibility index (Phi) is 7.98. The summed E-state index contributed by atoms with van der Waals surface area (Å²) < 4.78 is 37.0. The lowest BCUT2D eigenvalue weighted by Gasteiger charge is -2.24. The van der Waals surface area contributed by atoms with E-state index in [4.69, 9.17) is 0 Å². The summed E-state index contributed by atoms with van der Waals surface area (Å²) in [4.78, 5) is 12.6. The second-order valence-corrected chi connectivity index (χ2v) is 4.47. The summed E-state index contributed by atoms with van der Waals surface area (Å²) in [7, 11) is 0. The van der Waals surface area contributed by atoms with Crippen LogP contribution in [0, 0.1) is 0 Å².